The van der Waals surface area contributed by atoms with Crippen LogP contribution in [-0.4, -0.2) is 10.2 Å². The van der Waals surface area contributed by atoms with Crippen molar-refractivity contribution >= 4 is 11.6 Å². The molecule has 0 saturated heterocycles. The third-order valence-electron chi connectivity index (χ3n) is 3.03. The van der Waals surface area contributed by atoms with E-state index < -0.39 is 11.4 Å². The minimum absolute atomic E-state index is 0.101. The number of phenolic OH excluding ortho intramolecular Hbond substituents is 1. The van der Waals surface area contributed by atoms with Gasteiger partial charge in [-0.25, -0.2) is 4.39 Å². The van der Waals surface area contributed by atoms with E-state index in [9.17, 15) is 14.6 Å². The molecular weight excluding hydrogens is 267 g/mol. The van der Waals surface area contributed by atoms with E-state index in [1.807, 2.05) is 0 Å². The Balaban J connectivity index is 2.30. The summed E-state index contributed by atoms with van der Waals surface area (Å²) >= 11 is 5.83. The maximum Gasteiger partial charge on any atom is 0.126 e. The van der Waals surface area contributed by atoms with Crippen molar-refractivity contribution in [2.24, 2.45) is 0 Å². The van der Waals surface area contributed by atoms with Gasteiger partial charge in [-0.3, -0.25) is 0 Å². The first-order valence-electron chi connectivity index (χ1n) is 5.84. The number of rotatable bonds is 3. The summed E-state index contributed by atoms with van der Waals surface area (Å²) in [4.78, 5) is 0. The fourth-order valence-electron chi connectivity index (χ4n) is 1.97. The van der Waals surface area contributed by atoms with Crippen LogP contribution in [0.25, 0.3) is 0 Å². The summed E-state index contributed by atoms with van der Waals surface area (Å²) in [5.41, 5.74) is -0.283. The Morgan fingerprint density at radius 1 is 1.16 bits per heavy atom. The standard InChI is InChI=1S/C15H14ClFO2/c1-15(19,11-2-5-13(18)6-3-11)9-10-8-12(16)4-7-14(10)17/h2-8,18-19H,9H2,1H3. The summed E-state index contributed by atoms with van der Waals surface area (Å²) < 4.78 is 13.7. The lowest BCUT2D eigenvalue weighted by Gasteiger charge is -2.24. The maximum atomic E-state index is 13.7. The van der Waals surface area contributed by atoms with Crippen LogP contribution in [0.15, 0.2) is 42.5 Å². The fraction of sp³-hybridized carbons (Fsp3) is 0.200. The monoisotopic (exact) mass is 280 g/mol. The third kappa shape index (κ3) is 3.25. The molecule has 1 unspecified atom stereocenters. The minimum Gasteiger partial charge on any atom is -0.508 e. The Morgan fingerprint density at radius 2 is 1.79 bits per heavy atom. The molecule has 0 heterocycles. The number of aromatic hydroxyl groups is 1. The predicted molar refractivity (Wildman–Crippen MR) is 72.8 cm³/mol. The van der Waals surface area contributed by atoms with Crippen LogP contribution in [0.1, 0.15) is 18.1 Å². The van der Waals surface area contributed by atoms with Crippen LogP contribution in [-0.2, 0) is 12.0 Å². The highest BCUT2D eigenvalue weighted by Gasteiger charge is 2.25. The first-order chi connectivity index (χ1) is 8.88. The molecule has 2 aromatic carbocycles. The van der Waals surface area contributed by atoms with Gasteiger partial charge in [0.1, 0.15) is 11.6 Å². The molecule has 2 rings (SSSR count). The Kier molecular flexibility index (Phi) is 3.78. The Hall–Kier alpha value is -1.58. The zero-order valence-corrected chi connectivity index (χ0v) is 11.2. The van der Waals surface area contributed by atoms with Gasteiger partial charge in [0, 0.05) is 11.4 Å². The van der Waals surface area contributed by atoms with E-state index in [2.05, 4.69) is 0 Å². The number of phenols is 1. The normalized spacial score (nSPS) is 14.1. The van der Waals surface area contributed by atoms with E-state index in [0.717, 1.165) is 0 Å². The topological polar surface area (TPSA) is 40.5 Å². The zero-order valence-electron chi connectivity index (χ0n) is 10.4. The first-order valence-corrected chi connectivity index (χ1v) is 6.22. The SMILES string of the molecule is CC(O)(Cc1cc(Cl)ccc1F)c1ccc(O)cc1. The van der Waals surface area contributed by atoms with Gasteiger partial charge in [0.15, 0.2) is 0 Å². The second kappa shape index (κ2) is 5.19. The van der Waals surface area contributed by atoms with Crippen LogP contribution >= 0.6 is 11.6 Å². The van der Waals surface area contributed by atoms with E-state index in [1.165, 1.54) is 30.3 Å². The molecule has 1 atom stereocenters. The number of benzene rings is 2. The Morgan fingerprint density at radius 3 is 2.42 bits per heavy atom. The lowest BCUT2D eigenvalue weighted by molar-refractivity contribution is 0.0566. The number of hydrogen-bond acceptors (Lipinski definition) is 2. The molecule has 2 aromatic rings. The number of hydrogen-bond donors (Lipinski definition) is 2. The van der Waals surface area contributed by atoms with Gasteiger partial charge >= 0.3 is 0 Å². The van der Waals surface area contributed by atoms with E-state index >= 15 is 0 Å². The third-order valence-corrected chi connectivity index (χ3v) is 3.27. The second-order valence-corrected chi connectivity index (χ2v) is 5.17. The van der Waals surface area contributed by atoms with Crippen LogP contribution in [0.2, 0.25) is 5.02 Å². The summed E-state index contributed by atoms with van der Waals surface area (Å²) in [5.74, 6) is -0.281. The van der Waals surface area contributed by atoms with E-state index in [4.69, 9.17) is 11.6 Å². The lowest BCUT2D eigenvalue weighted by atomic mass is 9.89. The molecule has 0 fully saturated rings. The molecule has 0 aliphatic carbocycles. The molecule has 0 aliphatic rings. The largest absolute Gasteiger partial charge is 0.508 e. The second-order valence-electron chi connectivity index (χ2n) is 4.73. The summed E-state index contributed by atoms with van der Waals surface area (Å²) in [7, 11) is 0. The van der Waals surface area contributed by atoms with Gasteiger partial charge in [-0.2, -0.15) is 0 Å². The van der Waals surface area contributed by atoms with Crippen molar-refractivity contribution in [2.45, 2.75) is 18.9 Å². The highest BCUT2D eigenvalue weighted by Crippen LogP contribution is 2.28. The van der Waals surface area contributed by atoms with Crippen molar-refractivity contribution < 1.29 is 14.6 Å². The van der Waals surface area contributed by atoms with Crippen molar-refractivity contribution in [3.8, 4) is 5.75 Å². The molecule has 0 saturated carbocycles. The summed E-state index contributed by atoms with van der Waals surface area (Å²) in [6, 6.07) is 10.4. The smallest absolute Gasteiger partial charge is 0.126 e. The molecule has 0 bridgehead atoms. The van der Waals surface area contributed by atoms with E-state index in [0.29, 0.717) is 16.1 Å². The van der Waals surface area contributed by atoms with Crippen molar-refractivity contribution in [3.63, 3.8) is 0 Å². The molecule has 100 valence electrons. The molecule has 2 N–H and O–H groups in total. The van der Waals surface area contributed by atoms with E-state index in [-0.39, 0.29) is 12.2 Å². The van der Waals surface area contributed by atoms with Crippen molar-refractivity contribution in [1.82, 2.24) is 0 Å². The van der Waals surface area contributed by atoms with Gasteiger partial charge < -0.3 is 10.2 Å². The van der Waals surface area contributed by atoms with E-state index in [1.54, 1.807) is 19.1 Å². The van der Waals surface area contributed by atoms with Crippen LogP contribution in [0.4, 0.5) is 4.39 Å². The first kappa shape index (κ1) is 13.8. The van der Waals surface area contributed by atoms with Gasteiger partial charge in [-0.1, -0.05) is 23.7 Å². The fourth-order valence-corrected chi connectivity index (χ4v) is 2.17. The predicted octanol–water partition coefficient (Wildman–Crippen LogP) is 3.63. The summed E-state index contributed by atoms with van der Waals surface area (Å²) in [6.45, 7) is 1.60. The van der Waals surface area contributed by atoms with Crippen LogP contribution < -0.4 is 0 Å². The molecular formula is C15H14ClFO2. The average molecular weight is 281 g/mol. The van der Waals surface area contributed by atoms with Crippen molar-refractivity contribution in [3.05, 3.63) is 64.4 Å². The average Bonchev–Trinajstić information content (AvgIpc) is 2.34. The minimum atomic E-state index is -1.24. The van der Waals surface area contributed by atoms with Crippen LogP contribution in [0, 0.1) is 5.82 Å². The van der Waals surface area contributed by atoms with Crippen molar-refractivity contribution in [1.29, 1.82) is 0 Å². The molecule has 4 heteroatoms. The Labute approximate surface area is 116 Å². The Bertz CT molecular complexity index is 579. The highest BCUT2D eigenvalue weighted by molar-refractivity contribution is 6.30. The van der Waals surface area contributed by atoms with Crippen molar-refractivity contribution in [2.75, 3.05) is 0 Å². The van der Waals surface area contributed by atoms with Gasteiger partial charge in [-0.05, 0) is 48.4 Å². The molecule has 0 radical (unpaired) electrons. The van der Waals surface area contributed by atoms with Gasteiger partial charge in [-0.15, -0.1) is 0 Å². The summed E-state index contributed by atoms with van der Waals surface area (Å²) in [6.07, 6.45) is 0.101. The zero-order chi connectivity index (χ0) is 14.0. The molecule has 2 nitrogen and oxygen atoms in total. The van der Waals surface area contributed by atoms with Crippen LogP contribution in [0.3, 0.4) is 0 Å². The quantitative estimate of drug-likeness (QED) is 0.901. The number of aliphatic hydroxyl groups is 1. The lowest BCUT2D eigenvalue weighted by Crippen LogP contribution is -2.24. The molecule has 0 aliphatic heterocycles. The number of halogens is 2. The molecule has 0 aromatic heterocycles. The molecule has 0 amide bonds. The maximum absolute atomic E-state index is 13.7. The summed E-state index contributed by atoms with van der Waals surface area (Å²) in [5, 5.41) is 20.1. The molecule has 0 spiro atoms. The molecule has 19 heavy (non-hydrogen) atoms. The van der Waals surface area contributed by atoms with Gasteiger partial charge in [0.05, 0.1) is 5.60 Å². The van der Waals surface area contributed by atoms with Gasteiger partial charge in [0.2, 0.25) is 0 Å². The van der Waals surface area contributed by atoms with Crippen LogP contribution in [0.5, 0.6) is 5.75 Å². The highest BCUT2D eigenvalue weighted by atomic mass is 35.5. The van der Waals surface area contributed by atoms with Gasteiger partial charge in [0.25, 0.3) is 0 Å².